The molecule has 0 spiro atoms. The van der Waals surface area contributed by atoms with Crippen molar-refractivity contribution in [1.82, 2.24) is 0 Å². The molecule has 0 aliphatic rings. The summed E-state index contributed by atoms with van der Waals surface area (Å²) in [6.45, 7) is 8.78. The molecule has 0 atom stereocenters. The lowest BCUT2D eigenvalue weighted by atomic mass is 9.89. The van der Waals surface area contributed by atoms with Crippen LogP contribution < -0.4 is 0 Å². The number of ether oxygens (including phenoxy) is 1. The van der Waals surface area contributed by atoms with Gasteiger partial charge < -0.3 is 4.74 Å². The quantitative estimate of drug-likeness (QED) is 0.590. The fourth-order valence-corrected chi connectivity index (χ4v) is 1.95. The number of hydrogen-bond acceptors (Lipinski definition) is 2. The van der Waals surface area contributed by atoms with Gasteiger partial charge in [0.15, 0.2) is 0 Å². The lowest BCUT2D eigenvalue weighted by Gasteiger charge is -2.16. The topological polar surface area (TPSA) is 26.3 Å². The van der Waals surface area contributed by atoms with E-state index in [2.05, 4.69) is 44.6 Å². The van der Waals surface area contributed by atoms with Crippen LogP contribution in [0.2, 0.25) is 0 Å². The number of carbonyl (C=O) groups is 1. The Morgan fingerprint density at radius 2 is 1.72 bits per heavy atom. The fraction of sp³-hybridized carbons (Fsp3) is 0.438. The van der Waals surface area contributed by atoms with E-state index in [-0.39, 0.29) is 5.97 Å². The van der Waals surface area contributed by atoms with E-state index in [1.807, 2.05) is 6.07 Å². The molecule has 98 valence electrons. The van der Waals surface area contributed by atoms with E-state index in [4.69, 9.17) is 0 Å². The van der Waals surface area contributed by atoms with Gasteiger partial charge in [-0.25, -0.2) is 4.79 Å². The number of benzene rings is 1. The second-order valence-electron chi connectivity index (χ2n) is 5.05. The molecule has 1 rings (SSSR count). The molecule has 0 saturated heterocycles. The molecular formula is C16H22O2. The molecule has 1 aromatic carbocycles. The predicted octanol–water partition coefficient (Wildman–Crippen LogP) is 4.12. The Morgan fingerprint density at radius 3 is 2.22 bits per heavy atom. The van der Waals surface area contributed by atoms with E-state index in [1.54, 1.807) is 6.08 Å². The van der Waals surface area contributed by atoms with Crippen LogP contribution in [0.1, 0.15) is 56.2 Å². The summed E-state index contributed by atoms with van der Waals surface area (Å²) in [5.41, 5.74) is 3.76. The molecule has 1 aromatic rings. The minimum Gasteiger partial charge on any atom is -0.466 e. The normalized spacial score (nSPS) is 11.5. The van der Waals surface area contributed by atoms with Gasteiger partial charge >= 0.3 is 5.97 Å². The molecule has 2 nitrogen and oxygen atoms in total. The highest BCUT2D eigenvalue weighted by Gasteiger charge is 2.10. The Bertz CT molecular complexity index is 442. The zero-order valence-corrected chi connectivity index (χ0v) is 11.9. The second kappa shape index (κ2) is 6.39. The third-order valence-electron chi connectivity index (χ3n) is 2.97. The summed E-state index contributed by atoms with van der Waals surface area (Å²) < 4.78 is 4.59. The van der Waals surface area contributed by atoms with Crippen LogP contribution in [0.25, 0.3) is 6.08 Å². The van der Waals surface area contributed by atoms with Crippen molar-refractivity contribution in [1.29, 1.82) is 0 Å². The smallest absolute Gasteiger partial charge is 0.330 e. The first kappa shape index (κ1) is 14.5. The Labute approximate surface area is 110 Å². The third kappa shape index (κ3) is 3.73. The molecule has 0 aliphatic heterocycles. The predicted molar refractivity (Wildman–Crippen MR) is 75.7 cm³/mol. The van der Waals surface area contributed by atoms with Crippen molar-refractivity contribution in [2.45, 2.75) is 39.5 Å². The molecule has 0 radical (unpaired) electrons. The van der Waals surface area contributed by atoms with E-state index in [0.717, 1.165) is 5.56 Å². The van der Waals surface area contributed by atoms with E-state index >= 15 is 0 Å². The average Bonchev–Trinajstić information content (AvgIpc) is 2.35. The lowest BCUT2D eigenvalue weighted by Crippen LogP contribution is -1.99. The second-order valence-corrected chi connectivity index (χ2v) is 5.05. The standard InChI is InChI=1S/C16H22O2/c1-11(2)14-8-6-13(7-9-16(17)18-5)10-15(14)12(3)4/h6-12H,1-5H3/b9-7+. The SMILES string of the molecule is COC(=O)/C=C/c1ccc(C(C)C)c(C(C)C)c1. The van der Waals surface area contributed by atoms with Crippen molar-refractivity contribution in [2.24, 2.45) is 0 Å². The first-order valence-corrected chi connectivity index (χ1v) is 6.35. The van der Waals surface area contributed by atoms with E-state index in [1.165, 1.54) is 24.3 Å². The first-order valence-electron chi connectivity index (χ1n) is 6.35. The summed E-state index contributed by atoms with van der Waals surface area (Å²) in [6, 6.07) is 6.34. The monoisotopic (exact) mass is 246 g/mol. The minimum absolute atomic E-state index is 0.325. The van der Waals surface area contributed by atoms with E-state index < -0.39 is 0 Å². The lowest BCUT2D eigenvalue weighted by molar-refractivity contribution is -0.134. The minimum atomic E-state index is -0.325. The van der Waals surface area contributed by atoms with Crippen LogP contribution in [0.3, 0.4) is 0 Å². The zero-order valence-electron chi connectivity index (χ0n) is 11.9. The number of rotatable bonds is 4. The van der Waals surface area contributed by atoms with Crippen LogP contribution >= 0.6 is 0 Å². The van der Waals surface area contributed by atoms with Crippen LogP contribution in [-0.4, -0.2) is 13.1 Å². The van der Waals surface area contributed by atoms with E-state index in [0.29, 0.717) is 11.8 Å². The van der Waals surface area contributed by atoms with Gasteiger partial charge in [-0.2, -0.15) is 0 Å². The summed E-state index contributed by atoms with van der Waals surface area (Å²) in [7, 11) is 1.38. The fourth-order valence-electron chi connectivity index (χ4n) is 1.95. The summed E-state index contributed by atoms with van der Waals surface area (Å²) in [5, 5.41) is 0. The van der Waals surface area contributed by atoms with Crippen molar-refractivity contribution >= 4 is 12.0 Å². The highest BCUT2D eigenvalue weighted by atomic mass is 16.5. The number of methoxy groups -OCH3 is 1. The van der Waals surface area contributed by atoms with Gasteiger partial charge in [0, 0.05) is 6.08 Å². The number of hydrogen-bond donors (Lipinski definition) is 0. The maximum absolute atomic E-state index is 11.1. The third-order valence-corrected chi connectivity index (χ3v) is 2.97. The molecule has 2 heteroatoms. The Hall–Kier alpha value is -1.57. The van der Waals surface area contributed by atoms with Gasteiger partial charge in [0.1, 0.15) is 0 Å². The molecule has 0 heterocycles. The van der Waals surface area contributed by atoms with Gasteiger partial charge in [0.05, 0.1) is 7.11 Å². The van der Waals surface area contributed by atoms with Gasteiger partial charge in [0.25, 0.3) is 0 Å². The Balaban J connectivity index is 3.07. The molecule has 18 heavy (non-hydrogen) atoms. The first-order chi connectivity index (χ1) is 8.45. The average molecular weight is 246 g/mol. The molecule has 0 aromatic heterocycles. The van der Waals surface area contributed by atoms with Crippen LogP contribution in [0.15, 0.2) is 24.3 Å². The van der Waals surface area contributed by atoms with E-state index in [9.17, 15) is 4.79 Å². The summed E-state index contributed by atoms with van der Waals surface area (Å²) in [6.07, 6.45) is 3.25. The molecule has 0 amide bonds. The summed E-state index contributed by atoms with van der Waals surface area (Å²) >= 11 is 0. The molecule has 0 bridgehead atoms. The maximum atomic E-state index is 11.1. The van der Waals surface area contributed by atoms with Crippen LogP contribution in [-0.2, 0) is 9.53 Å². The summed E-state index contributed by atoms with van der Waals surface area (Å²) in [5.74, 6) is 0.670. The van der Waals surface area contributed by atoms with Gasteiger partial charge in [-0.15, -0.1) is 0 Å². The van der Waals surface area contributed by atoms with Crippen molar-refractivity contribution < 1.29 is 9.53 Å². The summed E-state index contributed by atoms with van der Waals surface area (Å²) in [4.78, 5) is 11.1. The molecule has 0 unspecified atom stereocenters. The molecule has 0 saturated carbocycles. The van der Waals surface area contributed by atoms with Crippen LogP contribution in [0.5, 0.6) is 0 Å². The van der Waals surface area contributed by atoms with Gasteiger partial charge in [0.2, 0.25) is 0 Å². The Kier molecular flexibility index (Phi) is 5.14. The van der Waals surface area contributed by atoms with Crippen molar-refractivity contribution in [3.8, 4) is 0 Å². The number of esters is 1. The molecule has 0 N–H and O–H groups in total. The molecular weight excluding hydrogens is 224 g/mol. The maximum Gasteiger partial charge on any atom is 0.330 e. The number of carbonyl (C=O) groups excluding carboxylic acids is 1. The highest BCUT2D eigenvalue weighted by molar-refractivity contribution is 5.86. The van der Waals surface area contributed by atoms with Crippen molar-refractivity contribution in [3.05, 3.63) is 41.0 Å². The Morgan fingerprint density at radius 1 is 1.11 bits per heavy atom. The molecule has 0 fully saturated rings. The van der Waals surface area contributed by atoms with Gasteiger partial charge in [-0.05, 0) is 34.6 Å². The highest BCUT2D eigenvalue weighted by Crippen LogP contribution is 2.27. The van der Waals surface area contributed by atoms with Gasteiger partial charge in [-0.3, -0.25) is 0 Å². The van der Waals surface area contributed by atoms with Gasteiger partial charge in [-0.1, -0.05) is 45.9 Å². The van der Waals surface area contributed by atoms with Crippen molar-refractivity contribution in [3.63, 3.8) is 0 Å². The zero-order chi connectivity index (χ0) is 13.7. The van der Waals surface area contributed by atoms with Crippen LogP contribution in [0, 0.1) is 0 Å². The largest absolute Gasteiger partial charge is 0.466 e. The van der Waals surface area contributed by atoms with Crippen molar-refractivity contribution in [2.75, 3.05) is 7.11 Å². The molecule has 0 aliphatic carbocycles. The van der Waals surface area contributed by atoms with Crippen LogP contribution in [0.4, 0.5) is 0 Å².